The molecule has 2 rings (SSSR count). The largest absolute Gasteiger partial charge is 0.508 e. The normalized spacial score (nSPS) is 11.8. The average Bonchev–Trinajstić information content (AvgIpc) is 2.45. The van der Waals surface area contributed by atoms with Gasteiger partial charge in [-0.1, -0.05) is 23.9 Å². The molecule has 6 heteroatoms. The van der Waals surface area contributed by atoms with Gasteiger partial charge in [-0.15, -0.1) is 0 Å². The second-order valence-corrected chi connectivity index (χ2v) is 4.91. The number of nitrogens with zero attached hydrogens (tertiary/aromatic N) is 2. The number of phenolic OH excluding ortho intramolecular Hbond substituents is 1. The molecule has 5 nitrogen and oxygen atoms in total. The van der Waals surface area contributed by atoms with Gasteiger partial charge in [0.1, 0.15) is 17.2 Å². The number of allylic oxidation sites excluding steroid dienone is 1. The van der Waals surface area contributed by atoms with Gasteiger partial charge in [0.2, 0.25) is 0 Å². The minimum atomic E-state index is 0.145. The van der Waals surface area contributed by atoms with E-state index in [1.165, 1.54) is 17.8 Å². The van der Waals surface area contributed by atoms with Crippen molar-refractivity contribution in [3.63, 3.8) is 0 Å². The summed E-state index contributed by atoms with van der Waals surface area (Å²) in [5, 5.41) is 11.6. The van der Waals surface area contributed by atoms with E-state index >= 15 is 0 Å². The van der Waals surface area contributed by atoms with Crippen LogP contribution in [0.4, 0.5) is 5.82 Å². The molecule has 0 saturated carbocycles. The average molecular weight is 301 g/mol. The lowest BCUT2D eigenvalue weighted by Gasteiger charge is -2.06. The molecule has 21 heavy (non-hydrogen) atoms. The highest BCUT2D eigenvalue weighted by Gasteiger charge is 2.01. The van der Waals surface area contributed by atoms with Crippen LogP contribution in [0, 0.1) is 0 Å². The Morgan fingerprint density at radius 1 is 1.33 bits per heavy atom. The highest BCUT2D eigenvalue weighted by molar-refractivity contribution is 8.16. The number of hydrogen-bond acceptors (Lipinski definition) is 5. The summed E-state index contributed by atoms with van der Waals surface area (Å²) in [6.45, 7) is 1.91. The molecule has 108 valence electrons. The van der Waals surface area contributed by atoms with E-state index in [0.717, 1.165) is 0 Å². The summed E-state index contributed by atoms with van der Waals surface area (Å²) < 4.78 is 5.63. The van der Waals surface area contributed by atoms with Gasteiger partial charge in [0.15, 0.2) is 11.0 Å². The fraction of sp³-hybridized carbons (Fsp3) is 0.0667. The minimum absolute atomic E-state index is 0.145. The number of rotatable bonds is 4. The Balaban J connectivity index is 2.14. The maximum atomic E-state index is 9.41. The summed E-state index contributed by atoms with van der Waals surface area (Å²) in [5.41, 5.74) is 5.76. The maximum absolute atomic E-state index is 9.41. The quantitative estimate of drug-likeness (QED) is 0.663. The molecule has 0 aliphatic carbocycles. The zero-order valence-corrected chi connectivity index (χ0v) is 12.2. The van der Waals surface area contributed by atoms with Crippen molar-refractivity contribution in [1.82, 2.24) is 4.98 Å². The van der Waals surface area contributed by atoms with Crippen LogP contribution in [0.15, 0.2) is 59.1 Å². The van der Waals surface area contributed by atoms with Gasteiger partial charge in [0.25, 0.3) is 0 Å². The molecule has 0 aliphatic rings. The maximum Gasteiger partial charge on any atom is 0.165 e. The predicted molar refractivity (Wildman–Crippen MR) is 86.1 cm³/mol. The third-order valence-electron chi connectivity index (χ3n) is 2.32. The summed E-state index contributed by atoms with van der Waals surface area (Å²) in [7, 11) is 0. The van der Waals surface area contributed by atoms with Crippen LogP contribution < -0.4 is 10.5 Å². The minimum Gasteiger partial charge on any atom is -0.508 e. The van der Waals surface area contributed by atoms with E-state index in [1.54, 1.807) is 36.5 Å². The van der Waals surface area contributed by atoms with Gasteiger partial charge in [0, 0.05) is 18.3 Å². The molecule has 0 radical (unpaired) electrons. The molecule has 0 unspecified atom stereocenters. The first-order valence-corrected chi connectivity index (χ1v) is 7.10. The number of aromatic nitrogens is 1. The summed E-state index contributed by atoms with van der Waals surface area (Å²) >= 11 is 1.32. The number of benzene rings is 1. The van der Waals surface area contributed by atoms with Crippen LogP contribution in [-0.2, 0) is 0 Å². The number of aromatic hydroxyl groups is 1. The summed E-state index contributed by atoms with van der Waals surface area (Å²) in [6.07, 6.45) is 3.46. The van der Waals surface area contributed by atoms with Crippen LogP contribution in [0.5, 0.6) is 17.2 Å². The third-order valence-corrected chi connectivity index (χ3v) is 3.06. The van der Waals surface area contributed by atoms with E-state index in [4.69, 9.17) is 10.5 Å². The Morgan fingerprint density at radius 2 is 2.14 bits per heavy atom. The topological polar surface area (TPSA) is 80.7 Å². The predicted octanol–water partition coefficient (Wildman–Crippen LogP) is 3.79. The second-order valence-electron chi connectivity index (χ2n) is 3.99. The highest BCUT2D eigenvalue weighted by atomic mass is 32.2. The van der Waals surface area contributed by atoms with E-state index in [0.29, 0.717) is 22.5 Å². The first-order valence-electron chi connectivity index (χ1n) is 6.22. The molecule has 0 aliphatic heterocycles. The van der Waals surface area contributed by atoms with E-state index in [-0.39, 0.29) is 5.75 Å². The molecule has 1 heterocycles. The van der Waals surface area contributed by atoms with Crippen LogP contribution in [0.1, 0.15) is 6.92 Å². The first-order chi connectivity index (χ1) is 10.2. The van der Waals surface area contributed by atoms with Gasteiger partial charge in [-0.2, -0.15) is 0 Å². The van der Waals surface area contributed by atoms with Gasteiger partial charge >= 0.3 is 0 Å². The van der Waals surface area contributed by atoms with Crippen LogP contribution in [0.3, 0.4) is 0 Å². The molecule has 0 amide bonds. The van der Waals surface area contributed by atoms with E-state index in [2.05, 4.69) is 9.98 Å². The van der Waals surface area contributed by atoms with Crippen molar-refractivity contribution in [3.05, 3.63) is 54.1 Å². The van der Waals surface area contributed by atoms with Gasteiger partial charge < -0.3 is 15.6 Å². The lowest BCUT2D eigenvalue weighted by Crippen LogP contribution is -2.04. The smallest absolute Gasteiger partial charge is 0.165 e. The Kier molecular flexibility index (Phi) is 5.22. The number of aliphatic imine (C=N–C) groups is 1. The molecule has 0 atom stereocenters. The van der Waals surface area contributed by atoms with Crippen LogP contribution in [0.25, 0.3) is 0 Å². The SMILES string of the molecule is C/C=C/SC(N)=Nc1cc(Oc2cccc(O)c2)ccn1. The molecule has 0 spiro atoms. The van der Waals surface area contributed by atoms with Gasteiger partial charge in [-0.25, -0.2) is 9.98 Å². The number of hydrogen-bond donors (Lipinski definition) is 2. The highest BCUT2D eigenvalue weighted by Crippen LogP contribution is 2.26. The monoisotopic (exact) mass is 301 g/mol. The van der Waals surface area contributed by atoms with Crippen molar-refractivity contribution >= 4 is 22.7 Å². The van der Waals surface area contributed by atoms with Crippen molar-refractivity contribution in [2.45, 2.75) is 6.92 Å². The molecule has 3 N–H and O–H groups in total. The van der Waals surface area contributed by atoms with Crippen molar-refractivity contribution in [3.8, 4) is 17.2 Å². The van der Waals surface area contributed by atoms with E-state index in [9.17, 15) is 5.11 Å². The molecule has 0 saturated heterocycles. The molecular formula is C15H15N3O2S. The van der Waals surface area contributed by atoms with Crippen molar-refractivity contribution in [2.24, 2.45) is 10.7 Å². The van der Waals surface area contributed by atoms with Crippen LogP contribution in [-0.4, -0.2) is 15.3 Å². The van der Waals surface area contributed by atoms with E-state index in [1.807, 2.05) is 18.4 Å². The van der Waals surface area contributed by atoms with Crippen LogP contribution in [0.2, 0.25) is 0 Å². The van der Waals surface area contributed by atoms with Crippen molar-refractivity contribution in [1.29, 1.82) is 0 Å². The zero-order valence-electron chi connectivity index (χ0n) is 11.4. The lowest BCUT2D eigenvalue weighted by atomic mass is 10.3. The third kappa shape index (κ3) is 4.85. The van der Waals surface area contributed by atoms with E-state index < -0.39 is 0 Å². The number of pyridine rings is 1. The number of ether oxygens (including phenoxy) is 1. The Hall–Kier alpha value is -2.47. The fourth-order valence-corrected chi connectivity index (χ4v) is 1.91. The van der Waals surface area contributed by atoms with Crippen LogP contribution >= 0.6 is 11.8 Å². The van der Waals surface area contributed by atoms with Gasteiger partial charge in [0.05, 0.1) is 0 Å². The Bertz CT molecular complexity index is 671. The fourth-order valence-electron chi connectivity index (χ4n) is 1.48. The van der Waals surface area contributed by atoms with Gasteiger partial charge in [-0.05, 0) is 30.5 Å². The number of thioether (sulfide) groups is 1. The van der Waals surface area contributed by atoms with Crippen molar-refractivity contribution in [2.75, 3.05) is 0 Å². The number of phenols is 1. The molecule has 1 aromatic carbocycles. The number of amidine groups is 1. The Morgan fingerprint density at radius 3 is 2.90 bits per heavy atom. The number of nitrogens with two attached hydrogens (primary N) is 1. The first kappa shape index (κ1) is 14.9. The molecule has 0 fully saturated rings. The molecule has 0 bridgehead atoms. The second kappa shape index (κ2) is 7.35. The standard InChI is InChI=1S/C15H15N3O2S/c1-2-8-21-15(16)18-14-10-13(6-7-17-14)20-12-5-3-4-11(19)9-12/h2-10,19H,1H3,(H2,16,17,18)/b8-2+. The molecule has 2 aromatic rings. The van der Waals surface area contributed by atoms with Gasteiger partial charge in [-0.3, -0.25) is 0 Å². The Labute approximate surface area is 127 Å². The lowest BCUT2D eigenvalue weighted by molar-refractivity contribution is 0.455. The summed E-state index contributed by atoms with van der Waals surface area (Å²) in [4.78, 5) is 8.29. The molecular weight excluding hydrogens is 286 g/mol. The zero-order chi connectivity index (χ0) is 15.1. The summed E-state index contributed by atoms with van der Waals surface area (Å²) in [5.74, 6) is 1.71. The van der Waals surface area contributed by atoms with Crippen molar-refractivity contribution < 1.29 is 9.84 Å². The summed E-state index contributed by atoms with van der Waals surface area (Å²) in [6, 6.07) is 9.94. The molecule has 1 aromatic heterocycles.